The molecular formula is C25H33ClN4O3S. The number of nitrogen functional groups attached to an aromatic ring is 1. The summed E-state index contributed by atoms with van der Waals surface area (Å²) in [5.41, 5.74) is 6.68. The fourth-order valence-corrected chi connectivity index (χ4v) is 5.99. The normalized spacial score (nSPS) is 19.2. The van der Waals surface area contributed by atoms with Crippen molar-refractivity contribution in [1.82, 2.24) is 14.8 Å². The first-order valence-corrected chi connectivity index (χ1v) is 12.9. The molecule has 7 nitrogen and oxygen atoms in total. The Hall–Kier alpha value is -2.32. The molecule has 1 aliphatic heterocycles. The maximum atomic E-state index is 13.2. The number of carbonyl (C=O) groups excluding carboxylic acids is 2. The summed E-state index contributed by atoms with van der Waals surface area (Å²) in [5, 5.41) is 2.78. The van der Waals surface area contributed by atoms with E-state index in [0.29, 0.717) is 39.4 Å². The minimum atomic E-state index is -0.663. The second-order valence-electron chi connectivity index (χ2n) is 10.2. The van der Waals surface area contributed by atoms with Crippen molar-refractivity contribution in [3.8, 4) is 5.75 Å². The molecule has 2 fully saturated rings. The van der Waals surface area contributed by atoms with Gasteiger partial charge in [-0.1, -0.05) is 11.6 Å². The molecule has 1 spiro atoms. The van der Waals surface area contributed by atoms with Crippen molar-refractivity contribution in [3.05, 3.63) is 39.9 Å². The smallest absolute Gasteiger partial charge is 0.254 e. The molecule has 0 bridgehead atoms. The number of aromatic nitrogens is 1. The van der Waals surface area contributed by atoms with Gasteiger partial charge in [0, 0.05) is 32.6 Å². The van der Waals surface area contributed by atoms with Crippen molar-refractivity contribution in [2.24, 2.45) is 11.3 Å². The zero-order chi connectivity index (χ0) is 24.7. The summed E-state index contributed by atoms with van der Waals surface area (Å²) in [6.45, 7) is 6.05. The van der Waals surface area contributed by atoms with Crippen LogP contribution in [0, 0.1) is 11.3 Å². The number of thiazole rings is 1. The van der Waals surface area contributed by atoms with Crippen LogP contribution in [0.2, 0.25) is 5.02 Å². The van der Waals surface area contributed by atoms with Crippen molar-refractivity contribution in [2.75, 3.05) is 39.5 Å². The van der Waals surface area contributed by atoms with Gasteiger partial charge in [0.15, 0.2) is 5.13 Å². The highest BCUT2D eigenvalue weighted by Gasteiger charge is 2.55. The molecule has 2 N–H and O–H groups in total. The fourth-order valence-electron chi connectivity index (χ4n) is 5.01. The largest absolute Gasteiger partial charge is 0.494 e. The standard InChI is InChI=1S/C25H33ClN4O3S/c1-24(2,20-15-34-23(27)28-20)22(32)30-10-8-25(9-11-30)14-16(25)7-12-33-17-5-6-18(19(26)13-17)21(31)29(3)4/h5-6,13,15-16H,7-12,14H2,1-4H3,(H2,27,28)/t16-/m0/s1. The number of rotatable bonds is 7. The van der Waals surface area contributed by atoms with Crippen LogP contribution in [0.3, 0.4) is 0 Å². The molecule has 184 valence electrons. The number of amides is 2. The van der Waals surface area contributed by atoms with Crippen LogP contribution in [-0.2, 0) is 10.2 Å². The molecule has 2 aliphatic rings. The predicted molar refractivity (Wildman–Crippen MR) is 135 cm³/mol. The van der Waals surface area contributed by atoms with E-state index in [2.05, 4.69) is 4.98 Å². The summed E-state index contributed by atoms with van der Waals surface area (Å²) in [4.78, 5) is 33.2. The summed E-state index contributed by atoms with van der Waals surface area (Å²) in [7, 11) is 3.40. The maximum Gasteiger partial charge on any atom is 0.254 e. The molecule has 0 unspecified atom stereocenters. The van der Waals surface area contributed by atoms with E-state index >= 15 is 0 Å². The molecule has 1 atom stereocenters. The van der Waals surface area contributed by atoms with Crippen molar-refractivity contribution < 1.29 is 14.3 Å². The van der Waals surface area contributed by atoms with Crippen LogP contribution < -0.4 is 10.5 Å². The van der Waals surface area contributed by atoms with Crippen LogP contribution in [0.4, 0.5) is 5.13 Å². The first-order valence-electron chi connectivity index (χ1n) is 11.7. The monoisotopic (exact) mass is 504 g/mol. The highest BCUT2D eigenvalue weighted by Crippen LogP contribution is 2.61. The molecular weight excluding hydrogens is 472 g/mol. The lowest BCUT2D eigenvalue weighted by Crippen LogP contribution is -2.47. The van der Waals surface area contributed by atoms with E-state index in [4.69, 9.17) is 22.1 Å². The Balaban J connectivity index is 1.24. The molecule has 4 rings (SSSR count). The van der Waals surface area contributed by atoms with Gasteiger partial charge in [0.05, 0.1) is 28.3 Å². The molecule has 2 aromatic rings. The molecule has 1 saturated carbocycles. The van der Waals surface area contributed by atoms with Gasteiger partial charge in [-0.15, -0.1) is 11.3 Å². The summed E-state index contributed by atoms with van der Waals surface area (Å²) >= 11 is 7.66. The molecule has 1 aliphatic carbocycles. The summed E-state index contributed by atoms with van der Waals surface area (Å²) < 4.78 is 5.93. The number of halogens is 1. The SMILES string of the molecule is CN(C)C(=O)c1ccc(OCC[C@H]2CC23CCN(C(=O)C(C)(C)c2csc(N)n2)CC3)cc1Cl. The number of carbonyl (C=O) groups is 2. The van der Waals surface area contributed by atoms with E-state index in [0.717, 1.165) is 38.0 Å². The molecule has 1 aromatic heterocycles. The van der Waals surface area contributed by atoms with Gasteiger partial charge in [-0.3, -0.25) is 9.59 Å². The van der Waals surface area contributed by atoms with Crippen LogP contribution in [0.1, 0.15) is 55.6 Å². The van der Waals surface area contributed by atoms with E-state index in [9.17, 15) is 9.59 Å². The third kappa shape index (κ3) is 4.89. The van der Waals surface area contributed by atoms with Gasteiger partial charge in [0.1, 0.15) is 5.75 Å². The van der Waals surface area contributed by atoms with Gasteiger partial charge in [-0.25, -0.2) is 4.98 Å². The zero-order valence-corrected chi connectivity index (χ0v) is 21.8. The number of likely N-dealkylation sites (tertiary alicyclic amines) is 1. The third-order valence-corrected chi connectivity index (χ3v) is 8.40. The lowest BCUT2D eigenvalue weighted by atomic mass is 9.85. The summed E-state index contributed by atoms with van der Waals surface area (Å²) in [5.74, 6) is 1.31. The maximum absolute atomic E-state index is 13.2. The molecule has 2 amide bonds. The topological polar surface area (TPSA) is 88.8 Å². The van der Waals surface area contributed by atoms with E-state index in [1.165, 1.54) is 22.7 Å². The third-order valence-electron chi connectivity index (χ3n) is 7.41. The molecule has 1 aromatic carbocycles. The van der Waals surface area contributed by atoms with Crippen LogP contribution in [0.5, 0.6) is 5.75 Å². The number of nitrogens with zero attached hydrogens (tertiary/aromatic N) is 3. The van der Waals surface area contributed by atoms with Gasteiger partial charge in [0.25, 0.3) is 5.91 Å². The Morgan fingerprint density at radius 3 is 2.62 bits per heavy atom. The average Bonchev–Trinajstić information content (AvgIpc) is 3.24. The van der Waals surface area contributed by atoms with E-state index < -0.39 is 5.41 Å². The predicted octanol–water partition coefficient (Wildman–Crippen LogP) is 4.46. The molecule has 34 heavy (non-hydrogen) atoms. The Morgan fingerprint density at radius 1 is 1.32 bits per heavy atom. The van der Waals surface area contributed by atoms with E-state index in [1.54, 1.807) is 32.3 Å². The van der Waals surface area contributed by atoms with Gasteiger partial charge in [-0.05, 0) is 69.1 Å². The molecule has 1 saturated heterocycles. The lowest BCUT2D eigenvalue weighted by molar-refractivity contribution is -0.138. The average molecular weight is 505 g/mol. The molecule has 9 heteroatoms. The van der Waals surface area contributed by atoms with Crippen LogP contribution >= 0.6 is 22.9 Å². The van der Waals surface area contributed by atoms with Crippen LogP contribution in [0.15, 0.2) is 23.6 Å². The zero-order valence-electron chi connectivity index (χ0n) is 20.3. The summed E-state index contributed by atoms with van der Waals surface area (Å²) in [6.07, 6.45) is 4.24. The number of ether oxygens (including phenoxy) is 1. The van der Waals surface area contributed by atoms with Crippen LogP contribution in [0.25, 0.3) is 0 Å². The first-order chi connectivity index (χ1) is 16.0. The number of hydrogen-bond donors (Lipinski definition) is 1. The fraction of sp³-hybridized carbons (Fsp3) is 0.560. The second kappa shape index (κ2) is 9.38. The molecule has 2 heterocycles. The minimum absolute atomic E-state index is 0.125. The van der Waals surface area contributed by atoms with Gasteiger partial charge in [0.2, 0.25) is 5.91 Å². The Bertz CT molecular complexity index is 1080. The Kier molecular flexibility index (Phi) is 6.84. The highest BCUT2D eigenvalue weighted by atomic mass is 35.5. The van der Waals surface area contributed by atoms with Crippen molar-refractivity contribution >= 4 is 39.9 Å². The number of hydrogen-bond acceptors (Lipinski definition) is 6. The lowest BCUT2D eigenvalue weighted by Gasteiger charge is -2.37. The molecule has 0 radical (unpaired) electrons. The summed E-state index contributed by atoms with van der Waals surface area (Å²) in [6, 6.07) is 5.22. The van der Waals surface area contributed by atoms with Gasteiger partial charge in [-0.2, -0.15) is 0 Å². The Morgan fingerprint density at radius 2 is 2.03 bits per heavy atom. The van der Waals surface area contributed by atoms with Crippen molar-refractivity contribution in [1.29, 1.82) is 0 Å². The van der Waals surface area contributed by atoms with E-state index in [1.807, 2.05) is 24.1 Å². The minimum Gasteiger partial charge on any atom is -0.494 e. The van der Waals surface area contributed by atoms with Gasteiger partial charge >= 0.3 is 0 Å². The first kappa shape index (κ1) is 24.8. The number of nitrogens with two attached hydrogens (primary N) is 1. The van der Waals surface area contributed by atoms with E-state index in [-0.39, 0.29) is 11.8 Å². The van der Waals surface area contributed by atoms with Crippen molar-refractivity contribution in [2.45, 2.75) is 44.9 Å². The highest BCUT2D eigenvalue weighted by molar-refractivity contribution is 7.13. The quantitative estimate of drug-likeness (QED) is 0.601. The van der Waals surface area contributed by atoms with Crippen molar-refractivity contribution in [3.63, 3.8) is 0 Å². The second-order valence-corrected chi connectivity index (χ2v) is 11.5. The van der Waals surface area contributed by atoms with Crippen LogP contribution in [-0.4, -0.2) is 60.4 Å². The number of anilines is 1. The van der Waals surface area contributed by atoms with Gasteiger partial charge < -0.3 is 20.3 Å². The Labute approximate surface area is 210 Å². The number of benzene rings is 1. The number of piperidine rings is 1.